The van der Waals surface area contributed by atoms with Gasteiger partial charge in [-0.15, -0.1) is 11.3 Å². The monoisotopic (exact) mass is 262 g/mol. The molecule has 1 amide bonds. The van der Waals surface area contributed by atoms with E-state index in [2.05, 4.69) is 10.3 Å². The summed E-state index contributed by atoms with van der Waals surface area (Å²) in [5.41, 5.74) is 1.69. The highest BCUT2D eigenvalue weighted by Gasteiger charge is 2.16. The van der Waals surface area contributed by atoms with Gasteiger partial charge in [0.05, 0.1) is 17.5 Å². The normalized spacial score (nSPS) is 14.9. The Morgan fingerprint density at radius 1 is 1.33 bits per heavy atom. The fourth-order valence-corrected chi connectivity index (χ4v) is 3.19. The number of rotatable bonds is 2. The standard InChI is InChI=1S/C13H14N2O2S/c16-12(9-6-7-17-8-9)15-13-14-10-4-2-1-3-5-11(10)18-13/h6-8H,1-5H2,(H,14,15,16). The third-order valence-electron chi connectivity index (χ3n) is 3.10. The van der Waals surface area contributed by atoms with Crippen LogP contribution < -0.4 is 5.32 Å². The molecule has 1 aliphatic rings. The van der Waals surface area contributed by atoms with Gasteiger partial charge in [0.1, 0.15) is 6.26 Å². The van der Waals surface area contributed by atoms with Gasteiger partial charge in [0.2, 0.25) is 0 Å². The predicted molar refractivity (Wildman–Crippen MR) is 70.0 cm³/mol. The molecule has 0 spiro atoms. The van der Waals surface area contributed by atoms with Gasteiger partial charge in [0, 0.05) is 4.88 Å². The summed E-state index contributed by atoms with van der Waals surface area (Å²) >= 11 is 1.60. The Bertz CT molecular complexity index is 522. The minimum atomic E-state index is -0.160. The van der Waals surface area contributed by atoms with E-state index in [-0.39, 0.29) is 5.91 Å². The number of amides is 1. The number of hydrogen-bond acceptors (Lipinski definition) is 4. The van der Waals surface area contributed by atoms with Gasteiger partial charge < -0.3 is 4.42 Å². The summed E-state index contributed by atoms with van der Waals surface area (Å²) < 4.78 is 4.89. The second-order valence-electron chi connectivity index (χ2n) is 4.42. The van der Waals surface area contributed by atoms with E-state index >= 15 is 0 Å². The van der Waals surface area contributed by atoms with Crippen LogP contribution in [0.2, 0.25) is 0 Å². The Kier molecular flexibility index (Phi) is 3.15. The molecule has 3 rings (SSSR count). The highest BCUT2D eigenvalue weighted by Crippen LogP contribution is 2.29. The number of carbonyl (C=O) groups excluding carboxylic acids is 1. The van der Waals surface area contributed by atoms with Gasteiger partial charge in [-0.3, -0.25) is 10.1 Å². The second-order valence-corrected chi connectivity index (χ2v) is 5.50. The van der Waals surface area contributed by atoms with Crippen LogP contribution in [0, 0.1) is 0 Å². The molecule has 18 heavy (non-hydrogen) atoms. The lowest BCUT2D eigenvalue weighted by Crippen LogP contribution is -2.10. The molecule has 0 aromatic carbocycles. The molecule has 0 aliphatic heterocycles. The number of thiazole rings is 1. The van der Waals surface area contributed by atoms with Gasteiger partial charge in [-0.25, -0.2) is 4.98 Å². The SMILES string of the molecule is O=C(Nc1nc2c(s1)CCCCC2)c1ccoc1. The number of carbonyl (C=O) groups is 1. The molecule has 2 aromatic rings. The number of aryl methyl sites for hydroxylation is 2. The average molecular weight is 262 g/mol. The summed E-state index contributed by atoms with van der Waals surface area (Å²) in [5.74, 6) is -0.160. The van der Waals surface area contributed by atoms with E-state index in [9.17, 15) is 4.79 Å². The summed E-state index contributed by atoms with van der Waals surface area (Å²) in [6.07, 6.45) is 8.76. The molecule has 0 fully saturated rings. The van der Waals surface area contributed by atoms with Crippen LogP contribution in [-0.2, 0) is 12.8 Å². The number of nitrogens with zero attached hydrogens (tertiary/aromatic N) is 1. The third-order valence-corrected chi connectivity index (χ3v) is 4.17. The lowest BCUT2D eigenvalue weighted by atomic mass is 10.2. The van der Waals surface area contributed by atoms with Crippen LogP contribution in [0.4, 0.5) is 5.13 Å². The zero-order chi connectivity index (χ0) is 12.4. The largest absolute Gasteiger partial charge is 0.472 e. The minimum Gasteiger partial charge on any atom is -0.472 e. The maximum absolute atomic E-state index is 11.9. The van der Waals surface area contributed by atoms with Crippen molar-refractivity contribution in [3.05, 3.63) is 34.7 Å². The van der Waals surface area contributed by atoms with Gasteiger partial charge >= 0.3 is 0 Å². The van der Waals surface area contributed by atoms with Crippen molar-refractivity contribution < 1.29 is 9.21 Å². The van der Waals surface area contributed by atoms with E-state index in [0.717, 1.165) is 12.8 Å². The van der Waals surface area contributed by atoms with Crippen molar-refractivity contribution in [3.63, 3.8) is 0 Å². The number of hydrogen-bond donors (Lipinski definition) is 1. The first-order valence-electron chi connectivity index (χ1n) is 6.15. The molecule has 4 nitrogen and oxygen atoms in total. The van der Waals surface area contributed by atoms with Crippen LogP contribution in [0.3, 0.4) is 0 Å². The number of furan rings is 1. The first-order chi connectivity index (χ1) is 8.83. The molecular formula is C13H14N2O2S. The van der Waals surface area contributed by atoms with Crippen molar-refractivity contribution in [2.75, 3.05) is 5.32 Å². The second kappa shape index (κ2) is 4.94. The molecule has 5 heteroatoms. The molecule has 0 unspecified atom stereocenters. The predicted octanol–water partition coefficient (Wildman–Crippen LogP) is 3.26. The van der Waals surface area contributed by atoms with Crippen LogP contribution in [0.5, 0.6) is 0 Å². The molecule has 0 saturated heterocycles. The first kappa shape index (κ1) is 11.5. The Morgan fingerprint density at radius 3 is 3.06 bits per heavy atom. The number of fused-ring (bicyclic) bond motifs is 1. The molecule has 0 saturated carbocycles. The fraction of sp³-hybridized carbons (Fsp3) is 0.385. The van der Waals surface area contributed by atoms with Crippen molar-refractivity contribution in [2.24, 2.45) is 0 Å². The number of anilines is 1. The Balaban J connectivity index is 1.76. The Hall–Kier alpha value is -1.62. The lowest BCUT2D eigenvalue weighted by Gasteiger charge is -1.97. The van der Waals surface area contributed by atoms with Crippen molar-refractivity contribution >= 4 is 22.4 Å². The summed E-state index contributed by atoms with van der Waals surface area (Å²) in [6, 6.07) is 1.65. The molecule has 0 bridgehead atoms. The van der Waals surface area contributed by atoms with E-state index < -0.39 is 0 Å². The number of nitrogens with one attached hydrogen (secondary N) is 1. The smallest absolute Gasteiger partial charge is 0.260 e. The van der Waals surface area contributed by atoms with Crippen LogP contribution >= 0.6 is 11.3 Å². The molecule has 0 atom stereocenters. The highest BCUT2D eigenvalue weighted by atomic mass is 32.1. The van der Waals surface area contributed by atoms with E-state index in [1.54, 1.807) is 17.4 Å². The third kappa shape index (κ3) is 2.31. The molecule has 1 N–H and O–H groups in total. The first-order valence-corrected chi connectivity index (χ1v) is 6.97. The molecule has 1 aliphatic carbocycles. The molecule has 0 radical (unpaired) electrons. The molecule has 94 valence electrons. The zero-order valence-electron chi connectivity index (χ0n) is 9.94. The Morgan fingerprint density at radius 2 is 2.22 bits per heavy atom. The van der Waals surface area contributed by atoms with Crippen LogP contribution in [0.25, 0.3) is 0 Å². The van der Waals surface area contributed by atoms with Gasteiger partial charge in [0.15, 0.2) is 5.13 Å². The van der Waals surface area contributed by atoms with Gasteiger partial charge in [0.25, 0.3) is 5.91 Å². The molecular weight excluding hydrogens is 248 g/mol. The topological polar surface area (TPSA) is 55.1 Å². The average Bonchev–Trinajstić information content (AvgIpc) is 2.96. The molecule has 2 heterocycles. The van der Waals surface area contributed by atoms with Crippen molar-refractivity contribution in [2.45, 2.75) is 32.1 Å². The van der Waals surface area contributed by atoms with Crippen molar-refractivity contribution in [1.29, 1.82) is 0 Å². The zero-order valence-corrected chi connectivity index (χ0v) is 10.8. The van der Waals surface area contributed by atoms with Crippen LogP contribution in [-0.4, -0.2) is 10.9 Å². The van der Waals surface area contributed by atoms with Crippen molar-refractivity contribution in [1.82, 2.24) is 4.98 Å². The minimum absolute atomic E-state index is 0.160. The van der Waals surface area contributed by atoms with E-state index in [4.69, 9.17) is 4.42 Å². The summed E-state index contributed by atoms with van der Waals surface area (Å²) in [4.78, 5) is 17.7. The van der Waals surface area contributed by atoms with Gasteiger partial charge in [-0.05, 0) is 31.7 Å². The number of aromatic nitrogens is 1. The van der Waals surface area contributed by atoms with Gasteiger partial charge in [-0.1, -0.05) is 6.42 Å². The quantitative estimate of drug-likeness (QED) is 0.845. The summed E-state index contributed by atoms with van der Waals surface area (Å²) in [5, 5.41) is 3.53. The maximum atomic E-state index is 11.9. The lowest BCUT2D eigenvalue weighted by molar-refractivity contribution is 0.102. The van der Waals surface area contributed by atoms with Crippen molar-refractivity contribution in [3.8, 4) is 0 Å². The van der Waals surface area contributed by atoms with Gasteiger partial charge in [-0.2, -0.15) is 0 Å². The van der Waals surface area contributed by atoms with E-state index in [0.29, 0.717) is 10.7 Å². The Labute approximate surface area is 109 Å². The van der Waals surface area contributed by atoms with E-state index in [1.165, 1.54) is 42.4 Å². The molecule has 2 aromatic heterocycles. The van der Waals surface area contributed by atoms with Crippen LogP contribution in [0.1, 0.15) is 40.2 Å². The highest BCUT2D eigenvalue weighted by molar-refractivity contribution is 7.15. The summed E-state index contributed by atoms with van der Waals surface area (Å²) in [7, 11) is 0. The van der Waals surface area contributed by atoms with E-state index in [1.807, 2.05) is 0 Å². The maximum Gasteiger partial charge on any atom is 0.260 e. The summed E-state index contributed by atoms with van der Waals surface area (Å²) in [6.45, 7) is 0. The van der Waals surface area contributed by atoms with Crippen LogP contribution in [0.15, 0.2) is 23.0 Å². The fourth-order valence-electron chi connectivity index (χ4n) is 2.15.